The van der Waals surface area contributed by atoms with Gasteiger partial charge in [0.15, 0.2) is 0 Å². The minimum Gasteiger partial charge on any atom is -0.478 e. The molecular weight excluding hydrogens is 248 g/mol. The third-order valence-corrected chi connectivity index (χ3v) is 1.95. The highest BCUT2D eigenvalue weighted by Gasteiger charge is 2.12. The van der Waals surface area contributed by atoms with E-state index in [2.05, 4.69) is 21.6 Å². The summed E-state index contributed by atoms with van der Waals surface area (Å²) < 4.78 is 4.65. The summed E-state index contributed by atoms with van der Waals surface area (Å²) in [4.78, 5) is 25.5. The Balaban J connectivity index is 2.79. The molecule has 0 saturated carbocycles. The molecule has 6 nitrogen and oxygen atoms in total. The lowest BCUT2D eigenvalue weighted by molar-refractivity contribution is 0.0696. The van der Waals surface area contributed by atoms with E-state index in [9.17, 15) is 9.59 Å². The van der Waals surface area contributed by atoms with Crippen molar-refractivity contribution in [2.24, 2.45) is 0 Å². The van der Waals surface area contributed by atoms with E-state index < -0.39 is 12.1 Å². The SMILES string of the molecule is C=CCOC(=O)Nc1cnc(Cl)c(C(=O)O)c1. The first kappa shape index (κ1) is 13.0. The van der Waals surface area contributed by atoms with Crippen LogP contribution in [0.2, 0.25) is 5.15 Å². The first-order valence-electron chi connectivity index (χ1n) is 4.48. The molecule has 0 aliphatic heterocycles. The molecule has 0 fully saturated rings. The summed E-state index contributed by atoms with van der Waals surface area (Å²) in [5, 5.41) is 10.9. The van der Waals surface area contributed by atoms with Crippen LogP contribution in [-0.2, 0) is 4.74 Å². The predicted molar refractivity (Wildman–Crippen MR) is 61.4 cm³/mol. The quantitative estimate of drug-likeness (QED) is 0.637. The Morgan fingerprint density at radius 2 is 2.35 bits per heavy atom. The number of aromatic carboxylic acids is 1. The Morgan fingerprint density at radius 1 is 1.65 bits per heavy atom. The van der Waals surface area contributed by atoms with Gasteiger partial charge in [0.2, 0.25) is 0 Å². The van der Waals surface area contributed by atoms with Gasteiger partial charge in [0.05, 0.1) is 17.4 Å². The minimum absolute atomic E-state index is 0.0542. The molecule has 0 unspecified atom stereocenters. The van der Waals surface area contributed by atoms with E-state index in [4.69, 9.17) is 16.7 Å². The number of aromatic nitrogens is 1. The van der Waals surface area contributed by atoms with Crippen molar-refractivity contribution >= 4 is 29.4 Å². The lowest BCUT2D eigenvalue weighted by atomic mass is 10.2. The van der Waals surface area contributed by atoms with Gasteiger partial charge in [0, 0.05) is 0 Å². The Bertz CT molecular complexity index is 462. The number of amides is 1. The van der Waals surface area contributed by atoms with E-state index in [1.807, 2.05) is 0 Å². The minimum atomic E-state index is -1.23. The van der Waals surface area contributed by atoms with Crippen LogP contribution in [-0.4, -0.2) is 28.8 Å². The number of hydrogen-bond donors (Lipinski definition) is 2. The van der Waals surface area contributed by atoms with E-state index >= 15 is 0 Å². The van der Waals surface area contributed by atoms with Gasteiger partial charge in [-0.2, -0.15) is 0 Å². The third-order valence-electron chi connectivity index (χ3n) is 1.65. The van der Waals surface area contributed by atoms with Crippen molar-refractivity contribution in [3.05, 3.63) is 35.6 Å². The molecular formula is C10H9ClN2O4. The lowest BCUT2D eigenvalue weighted by Crippen LogP contribution is -2.14. The van der Waals surface area contributed by atoms with Gasteiger partial charge in [-0.15, -0.1) is 0 Å². The van der Waals surface area contributed by atoms with Crippen molar-refractivity contribution in [2.45, 2.75) is 0 Å². The van der Waals surface area contributed by atoms with Gasteiger partial charge in [0.25, 0.3) is 0 Å². The molecule has 90 valence electrons. The number of anilines is 1. The fraction of sp³-hybridized carbons (Fsp3) is 0.100. The number of carbonyl (C=O) groups excluding carboxylic acids is 1. The van der Waals surface area contributed by atoms with Crippen LogP contribution in [0.3, 0.4) is 0 Å². The Hall–Kier alpha value is -2.08. The smallest absolute Gasteiger partial charge is 0.411 e. The lowest BCUT2D eigenvalue weighted by Gasteiger charge is -2.06. The third kappa shape index (κ3) is 3.76. The van der Waals surface area contributed by atoms with E-state index in [1.165, 1.54) is 18.3 Å². The molecule has 0 spiro atoms. The molecule has 7 heteroatoms. The first-order valence-corrected chi connectivity index (χ1v) is 4.86. The first-order chi connectivity index (χ1) is 8.04. The fourth-order valence-electron chi connectivity index (χ4n) is 0.955. The van der Waals surface area contributed by atoms with Crippen molar-refractivity contribution in [2.75, 3.05) is 11.9 Å². The molecule has 1 rings (SSSR count). The number of carbonyl (C=O) groups is 2. The zero-order valence-electron chi connectivity index (χ0n) is 8.64. The highest BCUT2D eigenvalue weighted by molar-refractivity contribution is 6.32. The maximum atomic E-state index is 11.1. The molecule has 1 heterocycles. The van der Waals surface area contributed by atoms with E-state index in [-0.39, 0.29) is 23.0 Å². The number of halogens is 1. The normalized spacial score (nSPS) is 9.47. The zero-order chi connectivity index (χ0) is 12.8. The molecule has 0 radical (unpaired) electrons. The number of carboxylic acids is 1. The largest absolute Gasteiger partial charge is 0.478 e. The average Bonchev–Trinajstić information content (AvgIpc) is 2.28. The van der Waals surface area contributed by atoms with Gasteiger partial charge in [-0.3, -0.25) is 5.32 Å². The maximum absolute atomic E-state index is 11.1. The van der Waals surface area contributed by atoms with Gasteiger partial charge in [-0.05, 0) is 6.07 Å². The summed E-state index contributed by atoms with van der Waals surface area (Å²) in [7, 11) is 0. The second-order valence-corrected chi connectivity index (χ2v) is 3.24. The van der Waals surface area contributed by atoms with Gasteiger partial charge < -0.3 is 9.84 Å². The number of carboxylic acid groups (broad SMARTS) is 1. The topological polar surface area (TPSA) is 88.5 Å². The van der Waals surface area contributed by atoms with Crippen LogP contribution < -0.4 is 5.32 Å². The molecule has 17 heavy (non-hydrogen) atoms. The van der Waals surface area contributed by atoms with Crippen LogP contribution in [0.25, 0.3) is 0 Å². The number of ether oxygens (including phenoxy) is 1. The highest BCUT2D eigenvalue weighted by atomic mass is 35.5. The summed E-state index contributed by atoms with van der Waals surface area (Å²) in [5.41, 5.74) is -0.0194. The molecule has 2 N–H and O–H groups in total. The van der Waals surface area contributed by atoms with Gasteiger partial charge in [-0.25, -0.2) is 14.6 Å². The number of nitrogens with zero attached hydrogens (tertiary/aromatic N) is 1. The molecule has 1 aromatic rings. The molecule has 0 aliphatic carbocycles. The second-order valence-electron chi connectivity index (χ2n) is 2.88. The van der Waals surface area contributed by atoms with Gasteiger partial charge in [-0.1, -0.05) is 24.3 Å². The maximum Gasteiger partial charge on any atom is 0.411 e. The zero-order valence-corrected chi connectivity index (χ0v) is 9.40. The molecule has 1 amide bonds. The summed E-state index contributed by atoms with van der Waals surface area (Å²) in [5.74, 6) is -1.23. The molecule has 0 bridgehead atoms. The van der Waals surface area contributed by atoms with Crippen molar-refractivity contribution in [3.63, 3.8) is 0 Å². The Morgan fingerprint density at radius 3 is 2.94 bits per heavy atom. The number of hydrogen-bond acceptors (Lipinski definition) is 4. The fourth-order valence-corrected chi connectivity index (χ4v) is 1.14. The van der Waals surface area contributed by atoms with Crippen LogP contribution in [0.4, 0.5) is 10.5 Å². The van der Waals surface area contributed by atoms with Gasteiger partial charge in [0.1, 0.15) is 11.8 Å². The summed E-state index contributed by atoms with van der Waals surface area (Å²) in [6.07, 6.45) is 1.90. The van der Waals surface area contributed by atoms with E-state index in [0.717, 1.165) is 0 Å². The van der Waals surface area contributed by atoms with Crippen molar-refractivity contribution in [1.29, 1.82) is 0 Å². The summed E-state index contributed by atoms with van der Waals surface area (Å²) in [6.45, 7) is 3.43. The Kier molecular flexibility index (Phi) is 4.47. The van der Waals surface area contributed by atoms with Crippen LogP contribution in [0.5, 0.6) is 0 Å². The monoisotopic (exact) mass is 256 g/mol. The standard InChI is InChI=1S/C10H9ClN2O4/c1-2-3-17-10(16)13-6-4-7(9(14)15)8(11)12-5-6/h2,4-5H,1,3H2,(H,13,16)(H,14,15). The van der Waals surface area contributed by atoms with Crippen LogP contribution in [0, 0.1) is 0 Å². The molecule has 0 aliphatic rings. The molecule has 1 aromatic heterocycles. The Labute approximate surface area is 102 Å². The summed E-state index contributed by atoms with van der Waals surface area (Å²) in [6, 6.07) is 1.19. The van der Waals surface area contributed by atoms with Crippen LogP contribution >= 0.6 is 11.6 Å². The summed E-state index contributed by atoms with van der Waals surface area (Å²) >= 11 is 5.56. The molecule has 0 aromatic carbocycles. The van der Waals surface area contributed by atoms with Crippen molar-refractivity contribution in [1.82, 2.24) is 4.98 Å². The molecule has 0 saturated heterocycles. The second kappa shape index (κ2) is 5.86. The van der Waals surface area contributed by atoms with Crippen molar-refractivity contribution < 1.29 is 19.4 Å². The van der Waals surface area contributed by atoms with Crippen molar-refractivity contribution in [3.8, 4) is 0 Å². The van der Waals surface area contributed by atoms with E-state index in [1.54, 1.807) is 0 Å². The average molecular weight is 257 g/mol. The van der Waals surface area contributed by atoms with Gasteiger partial charge >= 0.3 is 12.1 Å². The van der Waals surface area contributed by atoms with Crippen LogP contribution in [0.1, 0.15) is 10.4 Å². The van der Waals surface area contributed by atoms with E-state index in [0.29, 0.717) is 0 Å². The number of nitrogens with one attached hydrogen (secondary N) is 1. The highest BCUT2D eigenvalue weighted by Crippen LogP contribution is 2.17. The predicted octanol–water partition coefficient (Wildman–Crippen LogP) is 2.17. The number of rotatable bonds is 4. The number of pyridine rings is 1. The van der Waals surface area contributed by atoms with Crippen LogP contribution in [0.15, 0.2) is 24.9 Å². The molecule has 0 atom stereocenters.